The lowest BCUT2D eigenvalue weighted by Gasteiger charge is -2.19. The maximum absolute atomic E-state index is 12.2. The molecular weight excluding hydrogens is 277 g/mol. The molecule has 0 aliphatic heterocycles. The van der Waals surface area contributed by atoms with Crippen LogP contribution in [-0.4, -0.2) is 32.6 Å². The summed E-state index contributed by atoms with van der Waals surface area (Å²) >= 11 is 0. The zero-order valence-electron chi connectivity index (χ0n) is 11.5. The minimum atomic E-state index is -4.31. The Morgan fingerprint density at radius 3 is 2.10 bits per heavy atom. The van der Waals surface area contributed by atoms with Crippen LogP contribution in [0.2, 0.25) is 0 Å². The summed E-state index contributed by atoms with van der Waals surface area (Å²) in [5.74, 6) is 0.774. The lowest BCUT2D eigenvalue weighted by atomic mass is 10.0. The minimum Gasteiger partial charge on any atom is -0.493 e. The number of rotatable bonds is 6. The molecule has 114 valence electrons. The van der Waals surface area contributed by atoms with Crippen molar-refractivity contribution in [2.45, 2.75) is 25.1 Å². The fourth-order valence-electron chi connectivity index (χ4n) is 1.84. The molecule has 0 saturated carbocycles. The monoisotopic (exact) mass is 294 g/mol. The topological polar surface area (TPSA) is 47.9 Å². The van der Waals surface area contributed by atoms with Crippen molar-refractivity contribution in [2.24, 2.45) is 0 Å². The molecule has 7 heteroatoms. The predicted molar refractivity (Wildman–Crippen MR) is 66.3 cm³/mol. The molecule has 1 unspecified atom stereocenters. The van der Waals surface area contributed by atoms with Gasteiger partial charge in [-0.15, -0.1) is 0 Å². The van der Waals surface area contributed by atoms with Crippen molar-refractivity contribution in [2.75, 3.05) is 21.3 Å². The summed E-state index contributed by atoms with van der Waals surface area (Å²) in [6.07, 6.45) is -7.14. The Hall–Kier alpha value is -1.63. The summed E-state index contributed by atoms with van der Waals surface area (Å²) in [6.45, 7) is 0. The van der Waals surface area contributed by atoms with E-state index in [0.717, 1.165) is 0 Å². The van der Waals surface area contributed by atoms with Gasteiger partial charge < -0.3 is 19.3 Å². The average molecular weight is 294 g/mol. The van der Waals surface area contributed by atoms with Crippen molar-refractivity contribution in [1.82, 2.24) is 0 Å². The molecule has 4 nitrogen and oxygen atoms in total. The van der Waals surface area contributed by atoms with Gasteiger partial charge in [0, 0.05) is 12.0 Å². The Morgan fingerprint density at radius 2 is 1.65 bits per heavy atom. The molecule has 1 aromatic rings. The molecular formula is C13H17F3O4. The van der Waals surface area contributed by atoms with Crippen LogP contribution in [0, 0.1) is 0 Å². The van der Waals surface area contributed by atoms with Crippen molar-refractivity contribution < 1.29 is 32.5 Å². The first-order chi connectivity index (χ1) is 9.34. The normalized spacial score (nSPS) is 12.9. The average Bonchev–Trinajstić information content (AvgIpc) is 2.41. The Bertz CT molecular complexity index is 446. The van der Waals surface area contributed by atoms with Gasteiger partial charge >= 0.3 is 6.18 Å². The summed E-state index contributed by atoms with van der Waals surface area (Å²) in [5, 5.41) is 9.90. The largest absolute Gasteiger partial charge is 0.493 e. The Labute approximate surface area is 115 Å². The highest BCUT2D eigenvalue weighted by atomic mass is 19.4. The first-order valence-electron chi connectivity index (χ1n) is 5.87. The van der Waals surface area contributed by atoms with Gasteiger partial charge in [0.25, 0.3) is 0 Å². The molecule has 20 heavy (non-hydrogen) atoms. The zero-order valence-corrected chi connectivity index (χ0v) is 11.5. The predicted octanol–water partition coefficient (Wildman–Crippen LogP) is 3.09. The number of hydrogen-bond donors (Lipinski definition) is 1. The second-order valence-corrected chi connectivity index (χ2v) is 4.09. The van der Waals surface area contributed by atoms with Crippen molar-refractivity contribution in [3.05, 3.63) is 17.7 Å². The molecule has 0 bridgehead atoms. The van der Waals surface area contributed by atoms with Crippen LogP contribution in [0.3, 0.4) is 0 Å². The number of hydrogen-bond acceptors (Lipinski definition) is 4. The van der Waals surface area contributed by atoms with Gasteiger partial charge in [0.15, 0.2) is 11.5 Å². The first kappa shape index (κ1) is 16.4. The first-order valence-corrected chi connectivity index (χ1v) is 5.87. The molecule has 0 saturated heterocycles. The van der Waals surface area contributed by atoms with Crippen LogP contribution >= 0.6 is 0 Å². The highest BCUT2D eigenvalue weighted by molar-refractivity contribution is 5.56. The molecule has 0 spiro atoms. The third-order valence-electron chi connectivity index (χ3n) is 2.79. The van der Waals surface area contributed by atoms with Crippen LogP contribution in [0.5, 0.6) is 17.2 Å². The maximum atomic E-state index is 12.2. The number of methoxy groups -OCH3 is 3. The van der Waals surface area contributed by atoms with Gasteiger partial charge in [0.1, 0.15) is 0 Å². The number of aliphatic hydroxyl groups is 1. The second-order valence-electron chi connectivity index (χ2n) is 4.09. The van der Waals surface area contributed by atoms with Crippen molar-refractivity contribution in [1.29, 1.82) is 0 Å². The summed E-state index contributed by atoms with van der Waals surface area (Å²) in [7, 11) is 4.15. The van der Waals surface area contributed by atoms with Gasteiger partial charge in [-0.2, -0.15) is 13.2 Å². The number of alkyl halides is 3. The minimum absolute atomic E-state index is 0.168. The fraction of sp³-hybridized carbons (Fsp3) is 0.538. The van der Waals surface area contributed by atoms with Crippen molar-refractivity contribution >= 4 is 0 Å². The third kappa shape index (κ3) is 3.93. The number of aliphatic hydroxyl groups excluding tert-OH is 1. The summed E-state index contributed by atoms with van der Waals surface area (Å²) < 4.78 is 51.9. The van der Waals surface area contributed by atoms with Crippen molar-refractivity contribution in [3.63, 3.8) is 0 Å². The van der Waals surface area contributed by atoms with Crippen LogP contribution in [0.1, 0.15) is 24.5 Å². The lowest BCUT2D eigenvalue weighted by Crippen LogP contribution is -2.11. The Balaban J connectivity index is 3.05. The molecule has 1 aromatic carbocycles. The van der Waals surface area contributed by atoms with Crippen molar-refractivity contribution in [3.8, 4) is 17.2 Å². The van der Waals surface area contributed by atoms with Gasteiger partial charge in [-0.3, -0.25) is 0 Å². The molecule has 0 amide bonds. The smallest absolute Gasteiger partial charge is 0.389 e. The fourth-order valence-corrected chi connectivity index (χ4v) is 1.84. The van der Waals surface area contributed by atoms with E-state index < -0.39 is 25.1 Å². The number of halogens is 3. The van der Waals surface area contributed by atoms with E-state index >= 15 is 0 Å². The quantitative estimate of drug-likeness (QED) is 0.876. The van der Waals surface area contributed by atoms with Gasteiger partial charge in [-0.25, -0.2) is 0 Å². The van der Waals surface area contributed by atoms with E-state index in [-0.39, 0.29) is 17.1 Å². The zero-order chi connectivity index (χ0) is 15.3. The highest BCUT2D eigenvalue weighted by Gasteiger charge is 2.29. The van der Waals surface area contributed by atoms with Gasteiger partial charge in [-0.05, 0) is 18.6 Å². The van der Waals surface area contributed by atoms with Crippen LogP contribution in [0.25, 0.3) is 0 Å². The van der Waals surface area contributed by atoms with Gasteiger partial charge in [0.2, 0.25) is 5.75 Å². The van der Waals surface area contributed by atoms with E-state index in [1.165, 1.54) is 33.5 Å². The SMILES string of the molecule is COc1ccc(C(O)CCC(F)(F)F)c(OC)c1OC. The second kappa shape index (κ2) is 6.69. The van der Waals surface area contributed by atoms with Gasteiger partial charge in [0.05, 0.1) is 27.4 Å². The molecule has 0 aliphatic carbocycles. The number of ether oxygens (including phenoxy) is 3. The Morgan fingerprint density at radius 1 is 1.05 bits per heavy atom. The highest BCUT2D eigenvalue weighted by Crippen LogP contribution is 2.43. The molecule has 0 aliphatic rings. The van der Waals surface area contributed by atoms with E-state index in [9.17, 15) is 18.3 Å². The molecule has 1 atom stereocenters. The van der Waals surface area contributed by atoms with Crippen LogP contribution in [0.4, 0.5) is 13.2 Å². The molecule has 1 N–H and O–H groups in total. The molecule has 0 aromatic heterocycles. The van der Waals surface area contributed by atoms with E-state index in [2.05, 4.69) is 0 Å². The van der Waals surface area contributed by atoms with Crippen LogP contribution in [0.15, 0.2) is 12.1 Å². The van der Waals surface area contributed by atoms with E-state index in [1.54, 1.807) is 0 Å². The van der Waals surface area contributed by atoms with Crippen LogP contribution in [-0.2, 0) is 0 Å². The molecule has 0 radical (unpaired) electrons. The van der Waals surface area contributed by atoms with E-state index in [4.69, 9.17) is 14.2 Å². The standard InChI is InChI=1S/C13H17F3O4/c1-18-10-5-4-8(11(19-2)12(10)20-3)9(17)6-7-13(14,15)16/h4-5,9,17H,6-7H2,1-3H3. The molecule has 1 rings (SSSR count). The third-order valence-corrected chi connectivity index (χ3v) is 2.79. The number of benzene rings is 1. The van der Waals surface area contributed by atoms with Crippen LogP contribution < -0.4 is 14.2 Å². The van der Waals surface area contributed by atoms with E-state index in [0.29, 0.717) is 5.75 Å². The molecule has 0 fully saturated rings. The van der Waals surface area contributed by atoms with E-state index in [1.807, 2.05) is 0 Å². The molecule has 0 heterocycles. The Kier molecular flexibility index (Phi) is 5.50. The van der Waals surface area contributed by atoms with Gasteiger partial charge in [-0.1, -0.05) is 0 Å². The lowest BCUT2D eigenvalue weighted by molar-refractivity contribution is -0.140. The summed E-state index contributed by atoms with van der Waals surface area (Å²) in [4.78, 5) is 0. The summed E-state index contributed by atoms with van der Waals surface area (Å²) in [6, 6.07) is 2.97. The maximum Gasteiger partial charge on any atom is 0.389 e. The summed E-state index contributed by atoms with van der Waals surface area (Å²) in [5.41, 5.74) is 0.231.